The largest absolute Gasteiger partial charge is 0.314 e. The number of fused-ring (bicyclic) bond motifs is 1. The number of nitrogens with one attached hydrogen (secondary N) is 1. The van der Waals surface area contributed by atoms with Gasteiger partial charge in [-0.1, -0.05) is 11.8 Å². The van der Waals surface area contributed by atoms with Gasteiger partial charge in [-0.3, -0.25) is 5.41 Å². The highest BCUT2D eigenvalue weighted by atomic mass is 32.2. The van der Waals surface area contributed by atoms with Crippen LogP contribution in [0.1, 0.15) is 0 Å². The van der Waals surface area contributed by atoms with Crippen LogP contribution >= 0.6 is 11.8 Å². The van der Waals surface area contributed by atoms with Crippen LogP contribution in [-0.2, 0) is 7.05 Å². The Morgan fingerprint density at radius 2 is 2.21 bits per heavy atom. The quantitative estimate of drug-likeness (QED) is 0.563. The third kappa shape index (κ3) is 1.39. The summed E-state index contributed by atoms with van der Waals surface area (Å²) in [6, 6.07) is 3.60. The summed E-state index contributed by atoms with van der Waals surface area (Å²) in [5.74, 6) is 0. The minimum absolute atomic E-state index is 0.447. The molecule has 0 fully saturated rings. The molecule has 0 aliphatic rings. The number of hydrogen-bond acceptors (Lipinski definition) is 4. The average Bonchev–Trinajstić information content (AvgIpc) is 2.23. The maximum atomic E-state index is 7.62. The Balaban J connectivity index is 2.84. The van der Waals surface area contributed by atoms with Gasteiger partial charge in [0.25, 0.3) is 0 Å². The first-order valence-electron chi connectivity index (χ1n) is 4.14. The maximum absolute atomic E-state index is 7.62. The van der Waals surface area contributed by atoms with Crippen molar-refractivity contribution in [3.05, 3.63) is 23.8 Å². The summed E-state index contributed by atoms with van der Waals surface area (Å²) in [6.07, 6.45) is 3.72. The number of thioether (sulfide) groups is 1. The Morgan fingerprint density at radius 1 is 1.43 bits per heavy atom. The number of hydrogen-bond donors (Lipinski definition) is 1. The molecule has 0 aromatic carbocycles. The first-order valence-corrected chi connectivity index (χ1v) is 5.36. The Kier molecular flexibility index (Phi) is 2.25. The lowest BCUT2D eigenvalue weighted by molar-refractivity contribution is 0.824. The molecule has 4 nitrogen and oxygen atoms in total. The van der Waals surface area contributed by atoms with Crippen LogP contribution in [0.25, 0.3) is 11.0 Å². The summed E-state index contributed by atoms with van der Waals surface area (Å²) in [4.78, 5) is 8.52. The second kappa shape index (κ2) is 3.42. The predicted octanol–water partition coefficient (Wildman–Crippen LogP) is 1.17. The summed E-state index contributed by atoms with van der Waals surface area (Å²) in [5.41, 5.74) is 1.25. The van der Waals surface area contributed by atoms with E-state index in [1.807, 2.05) is 19.4 Å². The van der Waals surface area contributed by atoms with Crippen molar-refractivity contribution in [1.29, 1.82) is 5.41 Å². The van der Waals surface area contributed by atoms with E-state index in [2.05, 4.69) is 9.97 Å². The van der Waals surface area contributed by atoms with Crippen LogP contribution in [0, 0.1) is 5.41 Å². The molecule has 0 bridgehead atoms. The molecular formula is C9H10N4S. The second-order valence-electron chi connectivity index (χ2n) is 2.91. The normalized spacial score (nSPS) is 10.7. The molecule has 0 radical (unpaired) electrons. The van der Waals surface area contributed by atoms with Crippen LogP contribution in [0.4, 0.5) is 0 Å². The molecular weight excluding hydrogens is 196 g/mol. The smallest absolute Gasteiger partial charge is 0.189 e. The second-order valence-corrected chi connectivity index (χ2v) is 3.69. The molecule has 0 atom stereocenters. The minimum atomic E-state index is 0.447. The van der Waals surface area contributed by atoms with E-state index in [4.69, 9.17) is 5.41 Å². The summed E-state index contributed by atoms with van der Waals surface area (Å²) < 4.78 is 1.75. The standard InChI is InChI=1S/C9H10N4S/c1-13-7(10)4-3-6-5-11-9(14-2)12-8(6)13/h3-5,10H,1-2H3. The average molecular weight is 206 g/mol. The van der Waals surface area contributed by atoms with E-state index in [-0.39, 0.29) is 0 Å². The fourth-order valence-electron chi connectivity index (χ4n) is 1.25. The SMILES string of the molecule is CSc1ncc2ccc(=N)n(C)c2n1. The first-order chi connectivity index (χ1) is 6.72. The fraction of sp³-hybridized carbons (Fsp3) is 0.222. The zero-order valence-corrected chi connectivity index (χ0v) is 8.80. The van der Waals surface area contributed by atoms with Gasteiger partial charge in [0.05, 0.1) is 0 Å². The zero-order valence-electron chi connectivity index (χ0n) is 7.98. The van der Waals surface area contributed by atoms with E-state index in [1.165, 1.54) is 11.8 Å². The van der Waals surface area contributed by atoms with Gasteiger partial charge in [0.15, 0.2) is 5.16 Å². The molecule has 0 saturated heterocycles. The van der Waals surface area contributed by atoms with Crippen LogP contribution in [0.3, 0.4) is 0 Å². The van der Waals surface area contributed by atoms with Crippen molar-refractivity contribution in [2.24, 2.45) is 7.05 Å². The van der Waals surface area contributed by atoms with Gasteiger partial charge in [-0.2, -0.15) is 0 Å². The molecule has 0 aliphatic heterocycles. The fourth-order valence-corrected chi connectivity index (χ4v) is 1.58. The van der Waals surface area contributed by atoms with Gasteiger partial charge in [0.1, 0.15) is 11.1 Å². The highest BCUT2D eigenvalue weighted by Crippen LogP contribution is 2.12. The first kappa shape index (κ1) is 9.21. The highest BCUT2D eigenvalue weighted by molar-refractivity contribution is 7.98. The van der Waals surface area contributed by atoms with Crippen molar-refractivity contribution >= 4 is 22.8 Å². The Labute approximate surface area is 85.5 Å². The number of aromatic nitrogens is 3. The molecule has 1 N–H and O–H groups in total. The van der Waals surface area contributed by atoms with Crippen molar-refractivity contribution in [2.45, 2.75) is 5.16 Å². The van der Waals surface area contributed by atoms with Crippen molar-refractivity contribution < 1.29 is 0 Å². The van der Waals surface area contributed by atoms with Gasteiger partial charge in [-0.25, -0.2) is 9.97 Å². The van der Waals surface area contributed by atoms with E-state index < -0.39 is 0 Å². The van der Waals surface area contributed by atoms with E-state index in [0.717, 1.165) is 16.2 Å². The lowest BCUT2D eigenvalue weighted by atomic mass is 10.3. The molecule has 14 heavy (non-hydrogen) atoms. The van der Waals surface area contributed by atoms with E-state index in [1.54, 1.807) is 16.8 Å². The molecule has 5 heteroatoms. The molecule has 0 spiro atoms. The third-order valence-electron chi connectivity index (χ3n) is 2.06. The van der Waals surface area contributed by atoms with Crippen molar-refractivity contribution in [3.63, 3.8) is 0 Å². The van der Waals surface area contributed by atoms with Gasteiger partial charge in [0, 0.05) is 18.6 Å². The maximum Gasteiger partial charge on any atom is 0.189 e. The Hall–Kier alpha value is -1.36. The molecule has 0 saturated carbocycles. The van der Waals surface area contributed by atoms with Crippen molar-refractivity contribution in [3.8, 4) is 0 Å². The number of pyridine rings is 1. The van der Waals surface area contributed by atoms with E-state index in [9.17, 15) is 0 Å². The summed E-state index contributed by atoms with van der Waals surface area (Å²) in [7, 11) is 1.84. The van der Waals surface area contributed by atoms with Crippen LogP contribution < -0.4 is 5.49 Å². The van der Waals surface area contributed by atoms with Gasteiger partial charge in [-0.15, -0.1) is 0 Å². The van der Waals surface area contributed by atoms with Gasteiger partial charge < -0.3 is 4.57 Å². The molecule has 72 valence electrons. The topological polar surface area (TPSA) is 54.6 Å². The van der Waals surface area contributed by atoms with E-state index in [0.29, 0.717) is 5.49 Å². The van der Waals surface area contributed by atoms with Gasteiger partial charge in [-0.05, 0) is 18.4 Å². The van der Waals surface area contributed by atoms with Gasteiger partial charge >= 0.3 is 0 Å². The predicted molar refractivity (Wildman–Crippen MR) is 56.1 cm³/mol. The molecule has 0 aliphatic carbocycles. The number of aryl methyl sites for hydroxylation is 1. The van der Waals surface area contributed by atoms with E-state index >= 15 is 0 Å². The summed E-state index contributed by atoms with van der Waals surface area (Å²) >= 11 is 1.50. The van der Waals surface area contributed by atoms with Crippen LogP contribution in [-0.4, -0.2) is 20.8 Å². The van der Waals surface area contributed by atoms with Crippen molar-refractivity contribution in [2.75, 3.05) is 6.26 Å². The molecule has 0 amide bonds. The van der Waals surface area contributed by atoms with Gasteiger partial charge in [0.2, 0.25) is 0 Å². The summed E-state index contributed by atoms with van der Waals surface area (Å²) in [6.45, 7) is 0. The zero-order chi connectivity index (χ0) is 10.1. The molecule has 2 aromatic rings. The van der Waals surface area contributed by atoms with Crippen LogP contribution in [0.2, 0.25) is 0 Å². The number of rotatable bonds is 1. The lowest BCUT2D eigenvalue weighted by Gasteiger charge is -2.04. The van der Waals surface area contributed by atoms with Crippen LogP contribution in [0.15, 0.2) is 23.5 Å². The summed E-state index contributed by atoms with van der Waals surface area (Å²) in [5, 5.41) is 9.32. The van der Waals surface area contributed by atoms with Crippen molar-refractivity contribution in [1.82, 2.24) is 14.5 Å². The van der Waals surface area contributed by atoms with Crippen LogP contribution in [0.5, 0.6) is 0 Å². The number of nitrogens with zero attached hydrogens (tertiary/aromatic N) is 3. The minimum Gasteiger partial charge on any atom is -0.314 e. The lowest BCUT2D eigenvalue weighted by Crippen LogP contribution is -2.16. The Morgan fingerprint density at radius 3 is 2.93 bits per heavy atom. The molecule has 0 unspecified atom stereocenters. The molecule has 2 heterocycles. The highest BCUT2D eigenvalue weighted by Gasteiger charge is 2.01. The molecule has 2 aromatic heterocycles. The molecule has 2 rings (SSSR count). The third-order valence-corrected chi connectivity index (χ3v) is 2.62. The monoisotopic (exact) mass is 206 g/mol. The Bertz CT molecular complexity index is 532.